The van der Waals surface area contributed by atoms with Crippen molar-refractivity contribution in [3.05, 3.63) is 34.9 Å². The van der Waals surface area contributed by atoms with Gasteiger partial charge in [-0.3, -0.25) is 25.2 Å². The van der Waals surface area contributed by atoms with Crippen LogP contribution in [0.1, 0.15) is 41.3 Å². The Hall–Kier alpha value is -2.37. The molecule has 1 aromatic rings. The van der Waals surface area contributed by atoms with Crippen molar-refractivity contribution in [3.8, 4) is 0 Å². The number of benzene rings is 1. The molecule has 0 radical (unpaired) electrons. The third kappa shape index (κ3) is 4.31. The third-order valence-electron chi connectivity index (χ3n) is 4.16. The van der Waals surface area contributed by atoms with E-state index in [1.807, 2.05) is 26.0 Å². The summed E-state index contributed by atoms with van der Waals surface area (Å²) in [5.74, 6) is -0.905. The number of amides is 3. The van der Waals surface area contributed by atoms with E-state index in [4.69, 9.17) is 0 Å². The first-order valence-electron chi connectivity index (χ1n) is 7.81. The van der Waals surface area contributed by atoms with Crippen LogP contribution in [0.15, 0.2) is 18.2 Å². The monoisotopic (exact) mass is 317 g/mol. The van der Waals surface area contributed by atoms with Gasteiger partial charge in [0.25, 0.3) is 5.91 Å². The largest absolute Gasteiger partial charge is 0.342 e. The molecule has 1 saturated heterocycles. The average Bonchev–Trinajstić information content (AvgIpc) is 2.52. The van der Waals surface area contributed by atoms with Gasteiger partial charge < -0.3 is 4.90 Å². The van der Waals surface area contributed by atoms with Gasteiger partial charge in [-0.05, 0) is 38.3 Å². The van der Waals surface area contributed by atoms with Crippen LogP contribution in [-0.2, 0) is 9.59 Å². The SMILES string of the molecule is CC(=O)N1CCC[C@@H](C(=O)NNC(=O)c2ccc(C)cc2C)C1. The second-order valence-electron chi connectivity index (χ2n) is 6.07. The van der Waals surface area contributed by atoms with Crippen molar-refractivity contribution in [2.75, 3.05) is 13.1 Å². The first-order chi connectivity index (χ1) is 10.9. The van der Waals surface area contributed by atoms with Crippen molar-refractivity contribution in [3.63, 3.8) is 0 Å². The quantitative estimate of drug-likeness (QED) is 0.808. The summed E-state index contributed by atoms with van der Waals surface area (Å²) in [7, 11) is 0. The van der Waals surface area contributed by atoms with E-state index >= 15 is 0 Å². The number of aryl methyl sites for hydroxylation is 2. The van der Waals surface area contributed by atoms with Gasteiger partial charge in [0.1, 0.15) is 0 Å². The predicted octanol–water partition coefficient (Wildman–Crippen LogP) is 1.32. The lowest BCUT2D eigenvalue weighted by molar-refractivity contribution is -0.134. The molecule has 2 rings (SSSR count). The van der Waals surface area contributed by atoms with Gasteiger partial charge in [0.2, 0.25) is 11.8 Å². The summed E-state index contributed by atoms with van der Waals surface area (Å²) in [5.41, 5.74) is 7.40. The van der Waals surface area contributed by atoms with Gasteiger partial charge in [-0.25, -0.2) is 0 Å². The lowest BCUT2D eigenvalue weighted by Crippen LogP contribution is -2.49. The van der Waals surface area contributed by atoms with Crippen LogP contribution >= 0.6 is 0 Å². The maximum Gasteiger partial charge on any atom is 0.269 e. The van der Waals surface area contributed by atoms with E-state index in [0.29, 0.717) is 18.7 Å². The molecule has 124 valence electrons. The van der Waals surface area contributed by atoms with E-state index in [0.717, 1.165) is 24.0 Å². The standard InChI is InChI=1S/C17H23N3O3/c1-11-6-7-15(12(2)9-11)17(23)19-18-16(22)14-5-4-8-20(10-14)13(3)21/h6-7,9,14H,4-5,8,10H2,1-3H3,(H,18,22)(H,19,23)/t14-/m1/s1. The van der Waals surface area contributed by atoms with Crippen molar-refractivity contribution < 1.29 is 14.4 Å². The molecule has 1 aliphatic rings. The van der Waals surface area contributed by atoms with Crippen LogP contribution in [0.4, 0.5) is 0 Å². The van der Waals surface area contributed by atoms with Crippen LogP contribution in [0.2, 0.25) is 0 Å². The molecule has 6 heteroatoms. The van der Waals surface area contributed by atoms with E-state index in [1.54, 1.807) is 11.0 Å². The summed E-state index contributed by atoms with van der Waals surface area (Å²) in [5, 5.41) is 0. The number of hydrazine groups is 1. The zero-order valence-electron chi connectivity index (χ0n) is 13.8. The van der Waals surface area contributed by atoms with Gasteiger partial charge in [-0.1, -0.05) is 17.7 Å². The fourth-order valence-electron chi connectivity index (χ4n) is 2.83. The van der Waals surface area contributed by atoms with Crippen molar-refractivity contribution >= 4 is 17.7 Å². The fourth-order valence-corrected chi connectivity index (χ4v) is 2.83. The topological polar surface area (TPSA) is 78.5 Å². The molecule has 3 amide bonds. The first-order valence-corrected chi connectivity index (χ1v) is 7.81. The van der Waals surface area contributed by atoms with Gasteiger partial charge in [0.15, 0.2) is 0 Å². The summed E-state index contributed by atoms with van der Waals surface area (Å²) in [6.07, 6.45) is 1.51. The number of carbonyl (C=O) groups excluding carboxylic acids is 3. The number of likely N-dealkylation sites (tertiary alicyclic amines) is 1. The van der Waals surface area contributed by atoms with Crippen LogP contribution in [0.25, 0.3) is 0 Å². The molecular formula is C17H23N3O3. The van der Waals surface area contributed by atoms with Gasteiger partial charge >= 0.3 is 0 Å². The van der Waals surface area contributed by atoms with E-state index in [-0.39, 0.29) is 23.6 Å². The number of carbonyl (C=O) groups is 3. The summed E-state index contributed by atoms with van der Waals surface area (Å²) in [6.45, 7) is 6.41. The smallest absolute Gasteiger partial charge is 0.269 e. The molecule has 1 heterocycles. The van der Waals surface area contributed by atoms with Gasteiger partial charge in [-0.15, -0.1) is 0 Å². The van der Waals surface area contributed by atoms with Crippen LogP contribution in [0.3, 0.4) is 0 Å². The highest BCUT2D eigenvalue weighted by molar-refractivity contribution is 5.96. The summed E-state index contributed by atoms with van der Waals surface area (Å²) in [4.78, 5) is 37.4. The summed E-state index contributed by atoms with van der Waals surface area (Å²) < 4.78 is 0. The molecule has 0 spiro atoms. The number of nitrogens with zero attached hydrogens (tertiary/aromatic N) is 1. The van der Waals surface area contributed by atoms with Crippen molar-refractivity contribution in [1.82, 2.24) is 15.8 Å². The van der Waals surface area contributed by atoms with Gasteiger partial charge in [0, 0.05) is 25.6 Å². The van der Waals surface area contributed by atoms with E-state index in [9.17, 15) is 14.4 Å². The highest BCUT2D eigenvalue weighted by Gasteiger charge is 2.27. The Balaban J connectivity index is 1.91. The fraction of sp³-hybridized carbons (Fsp3) is 0.471. The van der Waals surface area contributed by atoms with E-state index in [1.165, 1.54) is 6.92 Å². The molecule has 6 nitrogen and oxygen atoms in total. The highest BCUT2D eigenvalue weighted by Crippen LogP contribution is 2.16. The lowest BCUT2D eigenvalue weighted by Gasteiger charge is -2.31. The van der Waals surface area contributed by atoms with Crippen molar-refractivity contribution in [2.45, 2.75) is 33.6 Å². The molecule has 0 saturated carbocycles. The van der Waals surface area contributed by atoms with Gasteiger partial charge in [0.05, 0.1) is 5.92 Å². The minimum Gasteiger partial charge on any atom is -0.342 e. The summed E-state index contributed by atoms with van der Waals surface area (Å²) >= 11 is 0. The minimum absolute atomic E-state index is 0.0261. The number of nitrogens with one attached hydrogen (secondary N) is 2. The molecule has 1 aliphatic heterocycles. The second kappa shape index (κ2) is 7.26. The van der Waals surface area contributed by atoms with Crippen LogP contribution < -0.4 is 10.9 Å². The molecular weight excluding hydrogens is 294 g/mol. The molecule has 0 aliphatic carbocycles. The Bertz CT molecular complexity index is 628. The summed E-state index contributed by atoms with van der Waals surface area (Å²) in [6, 6.07) is 5.52. The Morgan fingerprint density at radius 2 is 1.91 bits per heavy atom. The van der Waals surface area contributed by atoms with E-state index in [2.05, 4.69) is 10.9 Å². The Kier molecular flexibility index (Phi) is 5.36. The Labute approximate surface area is 136 Å². The minimum atomic E-state index is -0.338. The number of hydrogen-bond donors (Lipinski definition) is 2. The molecule has 2 N–H and O–H groups in total. The zero-order valence-corrected chi connectivity index (χ0v) is 13.8. The second-order valence-corrected chi connectivity index (χ2v) is 6.07. The molecule has 23 heavy (non-hydrogen) atoms. The van der Waals surface area contributed by atoms with Crippen molar-refractivity contribution in [1.29, 1.82) is 0 Å². The Morgan fingerprint density at radius 1 is 1.17 bits per heavy atom. The molecule has 1 atom stereocenters. The van der Waals surface area contributed by atoms with E-state index < -0.39 is 0 Å². The number of hydrogen-bond acceptors (Lipinski definition) is 3. The van der Waals surface area contributed by atoms with Crippen LogP contribution in [-0.4, -0.2) is 35.7 Å². The molecule has 1 fully saturated rings. The lowest BCUT2D eigenvalue weighted by atomic mass is 9.97. The first kappa shape index (κ1) is 17.0. The molecule has 0 unspecified atom stereocenters. The van der Waals surface area contributed by atoms with Crippen LogP contribution in [0, 0.1) is 19.8 Å². The average molecular weight is 317 g/mol. The molecule has 1 aromatic carbocycles. The maximum atomic E-state index is 12.2. The Morgan fingerprint density at radius 3 is 2.57 bits per heavy atom. The van der Waals surface area contributed by atoms with Crippen LogP contribution in [0.5, 0.6) is 0 Å². The number of rotatable bonds is 2. The number of piperidine rings is 1. The normalized spacial score (nSPS) is 17.5. The zero-order chi connectivity index (χ0) is 17.0. The molecule has 0 bridgehead atoms. The van der Waals surface area contributed by atoms with Gasteiger partial charge in [-0.2, -0.15) is 0 Å². The third-order valence-corrected chi connectivity index (χ3v) is 4.16. The van der Waals surface area contributed by atoms with Crippen molar-refractivity contribution in [2.24, 2.45) is 5.92 Å². The maximum absolute atomic E-state index is 12.2. The predicted molar refractivity (Wildman–Crippen MR) is 86.5 cm³/mol. The molecule has 0 aromatic heterocycles. The highest BCUT2D eigenvalue weighted by atomic mass is 16.2.